The maximum absolute atomic E-state index is 11.7. The van der Waals surface area contributed by atoms with E-state index in [1.807, 2.05) is 0 Å². The molecule has 0 radical (unpaired) electrons. The highest BCUT2D eigenvalue weighted by molar-refractivity contribution is 6.01. The number of hydrogen-bond donors (Lipinski definition) is 4. The fourth-order valence-corrected chi connectivity index (χ4v) is 1.15. The maximum atomic E-state index is 11.7. The van der Waals surface area contributed by atoms with E-state index < -0.39 is 17.9 Å². The number of rotatable bonds is 4. The molecule has 0 bridgehead atoms. The smallest absolute Gasteiger partial charge is 0.254 e. The van der Waals surface area contributed by atoms with E-state index >= 15 is 0 Å². The Balaban J connectivity index is 2.84. The van der Waals surface area contributed by atoms with Crippen LogP contribution in [-0.2, 0) is 4.79 Å². The molecule has 0 heterocycles. The van der Waals surface area contributed by atoms with Gasteiger partial charge >= 0.3 is 0 Å². The number of benzene rings is 1. The molecule has 6 N–H and O–H groups in total. The minimum Gasteiger partial charge on any atom is -0.368 e. The van der Waals surface area contributed by atoms with Gasteiger partial charge in [0.05, 0.1) is 11.3 Å². The molecule has 0 saturated heterocycles. The van der Waals surface area contributed by atoms with E-state index in [1.54, 1.807) is 24.3 Å². The molecule has 0 fully saturated rings. The third kappa shape index (κ3) is 2.71. The average Bonchev–Trinajstić information content (AvgIpc) is 2.28. The number of nitrogens with two attached hydrogens (primary N) is 2. The van der Waals surface area contributed by atoms with E-state index in [2.05, 4.69) is 10.7 Å². The van der Waals surface area contributed by atoms with Crippen molar-refractivity contribution >= 4 is 17.5 Å². The van der Waals surface area contributed by atoms with E-state index in [4.69, 9.17) is 11.6 Å². The molecule has 1 rings (SSSR count). The zero-order valence-corrected chi connectivity index (χ0v) is 8.86. The molecule has 0 saturated carbocycles. The number of hydrazine groups is 1. The lowest BCUT2D eigenvalue weighted by Gasteiger charge is -2.12. The highest BCUT2D eigenvalue weighted by Gasteiger charge is 2.15. The number of para-hydroxylation sites is 1. The Kier molecular flexibility index (Phi) is 3.84. The van der Waals surface area contributed by atoms with Crippen LogP contribution in [0.4, 0.5) is 5.69 Å². The largest absolute Gasteiger partial charge is 0.368 e. The Hall–Kier alpha value is -2.08. The molecule has 1 aromatic rings. The van der Waals surface area contributed by atoms with Crippen molar-refractivity contribution < 1.29 is 9.59 Å². The molecule has 6 nitrogen and oxygen atoms in total. The minimum absolute atomic E-state index is 0.359. The number of amides is 2. The van der Waals surface area contributed by atoms with Gasteiger partial charge < -0.3 is 16.5 Å². The summed E-state index contributed by atoms with van der Waals surface area (Å²) in [5.41, 5.74) is 8.28. The summed E-state index contributed by atoms with van der Waals surface area (Å²) < 4.78 is 0. The number of nitrogens with one attached hydrogen (secondary N) is 2. The first-order valence-corrected chi connectivity index (χ1v) is 4.72. The van der Waals surface area contributed by atoms with Crippen molar-refractivity contribution in [3.8, 4) is 0 Å². The van der Waals surface area contributed by atoms with Crippen molar-refractivity contribution in [1.29, 1.82) is 0 Å². The second kappa shape index (κ2) is 5.13. The normalized spacial score (nSPS) is 11.6. The third-order valence-corrected chi connectivity index (χ3v) is 2.10. The molecule has 0 spiro atoms. The van der Waals surface area contributed by atoms with Gasteiger partial charge in [-0.3, -0.25) is 15.4 Å². The highest BCUT2D eigenvalue weighted by atomic mass is 16.2. The lowest BCUT2D eigenvalue weighted by Crippen LogP contribution is -2.42. The quantitative estimate of drug-likeness (QED) is 0.409. The predicted octanol–water partition coefficient (Wildman–Crippen LogP) is -0.424. The Labute approximate surface area is 93.0 Å². The molecular formula is C10H14N4O2. The van der Waals surface area contributed by atoms with Gasteiger partial charge in [0.15, 0.2) is 0 Å². The Morgan fingerprint density at radius 2 is 1.94 bits per heavy atom. The van der Waals surface area contributed by atoms with Crippen LogP contribution < -0.4 is 22.3 Å². The predicted molar refractivity (Wildman–Crippen MR) is 60.4 cm³/mol. The molecule has 16 heavy (non-hydrogen) atoms. The second-order valence-electron chi connectivity index (χ2n) is 3.29. The summed E-state index contributed by atoms with van der Waals surface area (Å²) in [5.74, 6) is 4.26. The zero-order chi connectivity index (χ0) is 12.1. The van der Waals surface area contributed by atoms with Crippen LogP contribution in [0.2, 0.25) is 0 Å². The Morgan fingerprint density at radius 3 is 2.50 bits per heavy atom. The van der Waals surface area contributed by atoms with E-state index in [9.17, 15) is 9.59 Å². The molecule has 0 aliphatic heterocycles. The van der Waals surface area contributed by atoms with E-state index in [1.165, 1.54) is 6.92 Å². The Bertz CT molecular complexity index is 406. The van der Waals surface area contributed by atoms with Crippen LogP contribution in [0.1, 0.15) is 17.3 Å². The average molecular weight is 222 g/mol. The van der Waals surface area contributed by atoms with Crippen LogP contribution in [-0.4, -0.2) is 17.9 Å². The van der Waals surface area contributed by atoms with E-state index in [0.29, 0.717) is 11.3 Å². The SMILES string of the molecule is CC(NC(=O)c1ccccc1NN)C(N)=O. The monoisotopic (exact) mass is 222 g/mol. The number of primary amides is 1. The van der Waals surface area contributed by atoms with Gasteiger partial charge in [0.1, 0.15) is 6.04 Å². The molecule has 1 atom stereocenters. The van der Waals surface area contributed by atoms with Crippen LogP contribution >= 0.6 is 0 Å². The molecule has 1 aromatic carbocycles. The van der Waals surface area contributed by atoms with Crippen molar-refractivity contribution in [2.24, 2.45) is 11.6 Å². The first-order chi connectivity index (χ1) is 7.56. The van der Waals surface area contributed by atoms with Gasteiger partial charge in [0.2, 0.25) is 5.91 Å². The maximum Gasteiger partial charge on any atom is 0.254 e. The van der Waals surface area contributed by atoms with Crippen molar-refractivity contribution in [1.82, 2.24) is 5.32 Å². The molecule has 0 aromatic heterocycles. The van der Waals surface area contributed by atoms with Crippen LogP contribution in [0.5, 0.6) is 0 Å². The Morgan fingerprint density at radius 1 is 1.31 bits per heavy atom. The fraction of sp³-hybridized carbons (Fsp3) is 0.200. The minimum atomic E-state index is -0.724. The fourth-order valence-electron chi connectivity index (χ4n) is 1.15. The highest BCUT2D eigenvalue weighted by Crippen LogP contribution is 2.13. The van der Waals surface area contributed by atoms with Gasteiger partial charge in [-0.25, -0.2) is 0 Å². The summed E-state index contributed by atoms with van der Waals surface area (Å²) in [6.45, 7) is 1.51. The number of carbonyl (C=O) groups excluding carboxylic acids is 2. The molecule has 2 amide bonds. The van der Waals surface area contributed by atoms with E-state index in [-0.39, 0.29) is 0 Å². The van der Waals surface area contributed by atoms with E-state index in [0.717, 1.165) is 0 Å². The molecule has 0 aliphatic carbocycles. The van der Waals surface area contributed by atoms with Gasteiger partial charge in [-0.05, 0) is 19.1 Å². The summed E-state index contributed by atoms with van der Waals surface area (Å²) in [7, 11) is 0. The number of hydrogen-bond acceptors (Lipinski definition) is 4. The van der Waals surface area contributed by atoms with Gasteiger partial charge in [-0.2, -0.15) is 0 Å². The van der Waals surface area contributed by atoms with Gasteiger partial charge in [-0.1, -0.05) is 12.1 Å². The van der Waals surface area contributed by atoms with Gasteiger partial charge in [0.25, 0.3) is 5.91 Å². The molecule has 1 unspecified atom stereocenters. The summed E-state index contributed by atoms with van der Waals surface area (Å²) >= 11 is 0. The second-order valence-corrected chi connectivity index (χ2v) is 3.29. The number of carbonyl (C=O) groups is 2. The van der Waals surface area contributed by atoms with Crippen molar-refractivity contribution in [3.05, 3.63) is 29.8 Å². The van der Waals surface area contributed by atoms with Crippen molar-refractivity contribution in [3.63, 3.8) is 0 Å². The zero-order valence-electron chi connectivity index (χ0n) is 8.86. The summed E-state index contributed by atoms with van der Waals surface area (Å²) in [5, 5.41) is 2.46. The third-order valence-electron chi connectivity index (χ3n) is 2.10. The number of anilines is 1. The van der Waals surface area contributed by atoms with Crippen molar-refractivity contribution in [2.45, 2.75) is 13.0 Å². The summed E-state index contributed by atoms with van der Waals surface area (Å²) in [6.07, 6.45) is 0. The summed E-state index contributed by atoms with van der Waals surface area (Å²) in [4.78, 5) is 22.5. The van der Waals surface area contributed by atoms with Gasteiger partial charge in [0, 0.05) is 0 Å². The standard InChI is InChI=1S/C10H14N4O2/c1-6(9(11)15)13-10(16)7-4-2-3-5-8(7)14-12/h2-6,14H,12H2,1H3,(H2,11,15)(H,13,16). The van der Waals surface area contributed by atoms with Crippen LogP contribution in [0.3, 0.4) is 0 Å². The topological polar surface area (TPSA) is 110 Å². The van der Waals surface area contributed by atoms with Crippen LogP contribution in [0, 0.1) is 0 Å². The molecule has 6 heteroatoms. The van der Waals surface area contributed by atoms with Crippen LogP contribution in [0.25, 0.3) is 0 Å². The molecule has 86 valence electrons. The molecule has 0 aliphatic rings. The van der Waals surface area contributed by atoms with Crippen molar-refractivity contribution in [2.75, 3.05) is 5.43 Å². The first-order valence-electron chi connectivity index (χ1n) is 4.72. The van der Waals surface area contributed by atoms with Gasteiger partial charge in [-0.15, -0.1) is 0 Å². The summed E-state index contributed by atoms with van der Waals surface area (Å²) in [6, 6.07) is 5.97. The first kappa shape index (κ1) is 12.0. The lowest BCUT2D eigenvalue weighted by molar-refractivity contribution is -0.119. The van der Waals surface area contributed by atoms with Crippen LogP contribution in [0.15, 0.2) is 24.3 Å². The number of nitrogen functional groups attached to an aromatic ring is 1. The molecular weight excluding hydrogens is 208 g/mol. The lowest BCUT2D eigenvalue weighted by atomic mass is 10.1.